The van der Waals surface area contributed by atoms with Crippen molar-refractivity contribution in [3.05, 3.63) is 63.1 Å². The first-order valence-electron chi connectivity index (χ1n) is 12.1. The van der Waals surface area contributed by atoms with Gasteiger partial charge in [0.1, 0.15) is 12.6 Å². The fraction of sp³-hybridized carbons (Fsp3) is 0.462. The van der Waals surface area contributed by atoms with E-state index in [4.69, 9.17) is 23.2 Å². The summed E-state index contributed by atoms with van der Waals surface area (Å²) in [6.45, 7) is 7.25. The molecular weight excluding hydrogens is 535 g/mol. The van der Waals surface area contributed by atoms with Crippen LogP contribution in [0.2, 0.25) is 10.0 Å². The van der Waals surface area contributed by atoms with Crippen LogP contribution >= 0.6 is 23.2 Å². The minimum atomic E-state index is -4.05. The molecule has 2 aromatic rings. The molecule has 0 fully saturated rings. The number of amides is 2. The van der Waals surface area contributed by atoms with Crippen LogP contribution in [0.5, 0.6) is 0 Å². The molecule has 0 aliphatic heterocycles. The molecule has 1 unspecified atom stereocenters. The Morgan fingerprint density at radius 1 is 1.03 bits per heavy atom. The minimum absolute atomic E-state index is 0.0575. The van der Waals surface area contributed by atoms with Crippen molar-refractivity contribution in [2.45, 2.75) is 53.1 Å². The zero-order valence-electron chi connectivity index (χ0n) is 22.2. The van der Waals surface area contributed by atoms with Gasteiger partial charge < -0.3 is 10.2 Å². The van der Waals surface area contributed by atoms with Crippen molar-refractivity contribution in [1.82, 2.24) is 14.5 Å². The first kappa shape index (κ1) is 30.9. The van der Waals surface area contributed by atoms with Gasteiger partial charge in [0, 0.05) is 42.8 Å². The number of nitrogens with one attached hydrogen (secondary N) is 1. The molecule has 2 aromatic carbocycles. The van der Waals surface area contributed by atoms with Gasteiger partial charge in [-0.05, 0) is 56.0 Å². The smallest absolute Gasteiger partial charge is 0.304 e. The molecule has 2 rings (SSSR count). The van der Waals surface area contributed by atoms with Gasteiger partial charge in [0.15, 0.2) is 0 Å². The maximum Gasteiger partial charge on any atom is 0.304 e. The second-order valence-electron chi connectivity index (χ2n) is 9.02. The number of nitrogens with zero attached hydrogens (tertiary/aromatic N) is 3. The maximum atomic E-state index is 13.9. The monoisotopic (exact) mass is 570 g/mol. The molecule has 1 N–H and O–H groups in total. The van der Waals surface area contributed by atoms with Crippen LogP contribution in [0.3, 0.4) is 0 Å². The summed E-state index contributed by atoms with van der Waals surface area (Å²) in [6, 6.07) is 9.56. The van der Waals surface area contributed by atoms with Crippen LogP contribution in [0.25, 0.3) is 0 Å². The molecular formula is C26H36Cl2N4O4S. The molecule has 8 nitrogen and oxygen atoms in total. The standard InChI is InChI=1S/C26H36Cl2N4O4S/c1-7-14-29-26(34)23(8-2)31(16-20-21(27)10-9-11-22(20)28)25(33)17-32(37(35,36)30(5)6)24-15-18(3)12-13-19(24)4/h9-13,15,23H,7-8,14,16-17H2,1-6H3,(H,29,34). The van der Waals surface area contributed by atoms with E-state index in [9.17, 15) is 18.0 Å². The molecule has 37 heavy (non-hydrogen) atoms. The van der Waals surface area contributed by atoms with Gasteiger partial charge in [-0.3, -0.25) is 9.59 Å². The predicted octanol–water partition coefficient (Wildman–Crippen LogP) is 4.56. The Morgan fingerprint density at radius 3 is 2.19 bits per heavy atom. The number of carbonyl (C=O) groups excluding carboxylic acids is 2. The number of carbonyl (C=O) groups is 2. The molecule has 0 heterocycles. The van der Waals surface area contributed by atoms with Crippen molar-refractivity contribution in [1.29, 1.82) is 0 Å². The summed E-state index contributed by atoms with van der Waals surface area (Å²) in [4.78, 5) is 28.4. The van der Waals surface area contributed by atoms with E-state index in [-0.39, 0.29) is 12.5 Å². The van der Waals surface area contributed by atoms with E-state index in [1.807, 2.05) is 26.0 Å². The number of benzene rings is 2. The van der Waals surface area contributed by atoms with Crippen molar-refractivity contribution < 1.29 is 18.0 Å². The van der Waals surface area contributed by atoms with Gasteiger partial charge >= 0.3 is 10.2 Å². The Hall–Kier alpha value is -2.33. The Bertz CT molecular complexity index is 1200. The molecule has 2 amide bonds. The highest BCUT2D eigenvalue weighted by Gasteiger charge is 2.34. The lowest BCUT2D eigenvalue weighted by molar-refractivity contribution is -0.140. The van der Waals surface area contributed by atoms with Gasteiger partial charge in [0.2, 0.25) is 11.8 Å². The number of anilines is 1. The highest BCUT2D eigenvalue weighted by Crippen LogP contribution is 2.29. The fourth-order valence-electron chi connectivity index (χ4n) is 3.83. The Balaban J connectivity index is 2.60. The molecule has 0 aromatic heterocycles. The normalized spacial score (nSPS) is 12.4. The van der Waals surface area contributed by atoms with Crippen LogP contribution in [-0.2, 0) is 26.3 Å². The van der Waals surface area contributed by atoms with Crippen LogP contribution < -0.4 is 9.62 Å². The fourth-order valence-corrected chi connectivity index (χ4v) is 5.46. The van der Waals surface area contributed by atoms with E-state index in [2.05, 4.69) is 5.32 Å². The highest BCUT2D eigenvalue weighted by atomic mass is 35.5. The van der Waals surface area contributed by atoms with E-state index in [1.165, 1.54) is 19.0 Å². The average molecular weight is 572 g/mol. The topological polar surface area (TPSA) is 90.0 Å². The minimum Gasteiger partial charge on any atom is -0.354 e. The third kappa shape index (κ3) is 7.60. The lowest BCUT2D eigenvalue weighted by Gasteiger charge is -2.34. The van der Waals surface area contributed by atoms with Crippen molar-refractivity contribution in [2.75, 3.05) is 31.5 Å². The highest BCUT2D eigenvalue weighted by molar-refractivity contribution is 7.90. The van der Waals surface area contributed by atoms with E-state index < -0.39 is 28.7 Å². The molecule has 0 bridgehead atoms. The molecule has 1 atom stereocenters. The molecule has 204 valence electrons. The van der Waals surface area contributed by atoms with Gasteiger partial charge in [0.25, 0.3) is 0 Å². The van der Waals surface area contributed by atoms with Crippen LogP contribution in [0, 0.1) is 13.8 Å². The number of hydrogen-bond acceptors (Lipinski definition) is 4. The Labute approximate surface area is 230 Å². The van der Waals surface area contributed by atoms with Crippen molar-refractivity contribution in [3.8, 4) is 0 Å². The number of aryl methyl sites for hydroxylation is 2. The summed E-state index contributed by atoms with van der Waals surface area (Å²) in [5.41, 5.74) is 2.41. The van der Waals surface area contributed by atoms with Crippen LogP contribution in [0.15, 0.2) is 36.4 Å². The summed E-state index contributed by atoms with van der Waals surface area (Å²) in [7, 11) is -1.23. The zero-order chi connectivity index (χ0) is 27.9. The molecule has 0 radical (unpaired) electrons. The summed E-state index contributed by atoms with van der Waals surface area (Å²) in [6.07, 6.45) is 1.04. The lowest BCUT2D eigenvalue weighted by atomic mass is 10.1. The van der Waals surface area contributed by atoms with E-state index in [1.54, 1.807) is 38.1 Å². The average Bonchev–Trinajstić information content (AvgIpc) is 2.84. The molecule has 11 heteroatoms. The van der Waals surface area contributed by atoms with Crippen LogP contribution in [0.1, 0.15) is 43.4 Å². The molecule has 0 saturated carbocycles. The Morgan fingerprint density at radius 2 is 1.65 bits per heavy atom. The Kier molecular flexibility index (Phi) is 11.2. The largest absolute Gasteiger partial charge is 0.354 e. The maximum absolute atomic E-state index is 13.9. The van der Waals surface area contributed by atoms with Gasteiger partial charge in [-0.2, -0.15) is 12.7 Å². The van der Waals surface area contributed by atoms with E-state index in [0.29, 0.717) is 39.8 Å². The van der Waals surface area contributed by atoms with Crippen LogP contribution in [0.4, 0.5) is 5.69 Å². The van der Waals surface area contributed by atoms with Crippen molar-refractivity contribution >= 4 is 50.9 Å². The number of hydrogen-bond donors (Lipinski definition) is 1. The van der Waals surface area contributed by atoms with Gasteiger partial charge in [-0.15, -0.1) is 0 Å². The van der Waals surface area contributed by atoms with Gasteiger partial charge in [0.05, 0.1) is 5.69 Å². The second-order valence-corrected chi connectivity index (χ2v) is 11.9. The first-order valence-corrected chi connectivity index (χ1v) is 14.3. The molecule has 0 saturated heterocycles. The summed E-state index contributed by atoms with van der Waals surface area (Å²) in [5.74, 6) is -0.879. The third-order valence-corrected chi connectivity index (χ3v) is 8.49. The zero-order valence-corrected chi connectivity index (χ0v) is 24.5. The quantitative estimate of drug-likeness (QED) is 0.405. The van der Waals surface area contributed by atoms with Crippen molar-refractivity contribution in [2.24, 2.45) is 0 Å². The van der Waals surface area contributed by atoms with E-state index >= 15 is 0 Å². The summed E-state index contributed by atoms with van der Waals surface area (Å²) < 4.78 is 28.9. The van der Waals surface area contributed by atoms with Gasteiger partial charge in [-0.1, -0.05) is 55.2 Å². The number of rotatable bonds is 12. The number of halogens is 2. The van der Waals surface area contributed by atoms with Crippen LogP contribution in [-0.4, -0.2) is 62.7 Å². The predicted molar refractivity (Wildman–Crippen MR) is 150 cm³/mol. The third-order valence-electron chi connectivity index (χ3n) is 5.98. The summed E-state index contributed by atoms with van der Waals surface area (Å²) in [5, 5.41) is 3.54. The first-order chi connectivity index (χ1) is 17.3. The molecule has 0 spiro atoms. The van der Waals surface area contributed by atoms with E-state index in [0.717, 1.165) is 20.6 Å². The second kappa shape index (κ2) is 13.5. The molecule has 0 aliphatic rings. The SMILES string of the molecule is CCCNC(=O)C(CC)N(Cc1c(Cl)cccc1Cl)C(=O)CN(c1cc(C)ccc1C)S(=O)(=O)N(C)C. The summed E-state index contributed by atoms with van der Waals surface area (Å²) >= 11 is 12.8. The van der Waals surface area contributed by atoms with Gasteiger partial charge in [-0.25, -0.2) is 4.31 Å². The van der Waals surface area contributed by atoms with Crippen molar-refractivity contribution in [3.63, 3.8) is 0 Å². The lowest BCUT2D eigenvalue weighted by Crippen LogP contribution is -2.53. The molecule has 0 aliphatic carbocycles.